The second-order valence-electron chi connectivity index (χ2n) is 16.1. The molecule has 0 fully saturated rings. The van der Waals surface area contributed by atoms with Gasteiger partial charge in [-0.15, -0.1) is 0 Å². The van der Waals surface area contributed by atoms with Crippen molar-refractivity contribution in [3.8, 4) is 0 Å². The van der Waals surface area contributed by atoms with Gasteiger partial charge >= 0.3 is 21.1 Å². The normalized spacial score (nSPS) is 11.6. The molecule has 0 radical (unpaired) electrons. The Morgan fingerprint density at radius 2 is 0.375 bits per heavy atom. The fourth-order valence-corrected chi connectivity index (χ4v) is 6.55. The molecular weight excluding hydrogens is 1080 g/mol. The van der Waals surface area contributed by atoms with Crippen LogP contribution in [0.15, 0.2) is 12.2 Å². The molecule has 80 heavy (non-hydrogen) atoms. The number of esters is 1. The molecule has 476 valence electrons. The lowest BCUT2D eigenvalue weighted by Crippen LogP contribution is -2.32. The highest BCUT2D eigenvalue weighted by Crippen LogP contribution is 1.97. The Hall–Kier alpha value is -1.26. The highest BCUT2D eigenvalue weighted by molar-refractivity contribution is 6.36. The van der Waals surface area contributed by atoms with Crippen molar-refractivity contribution >= 4 is 21.1 Å². The number of methoxy groups -OCH3 is 2. The molecule has 0 rings (SSSR count). The van der Waals surface area contributed by atoms with E-state index in [0.29, 0.717) is 276 Å². The van der Waals surface area contributed by atoms with E-state index in [0.717, 1.165) is 0 Å². The Kier molecular flexibility index (Phi) is 70.9. The molecule has 0 aliphatic carbocycles. The fourth-order valence-electron chi connectivity index (χ4n) is 5.40. The van der Waals surface area contributed by atoms with Crippen molar-refractivity contribution in [1.29, 1.82) is 0 Å². The maximum absolute atomic E-state index is 11.3. The Bertz CT molecular complexity index is 1140. The summed E-state index contributed by atoms with van der Waals surface area (Å²) in [5.74, 6) is -0.433. The summed E-state index contributed by atoms with van der Waals surface area (Å²) in [7, 11) is 3.28. The smallest absolute Gasteiger partial charge is 0.460 e. The number of hydrogen-bond acceptors (Lipinski definition) is 27. The van der Waals surface area contributed by atoms with Gasteiger partial charge in [-0.2, -0.15) is 0 Å². The number of rotatable bonds is 73. The SMILES string of the molecule is C=C(C)C(=O)OCCOCCOCCOCCOCC[O][Al]([O]CCOCCOCCOCCOCCOCCOCCOCCOCCOC)[O]CCOCCOCCOCCOCCOCCOCCOCCOCCOC. The number of carbonyl (C=O) groups excluding carboxylic acids is 1. The van der Waals surface area contributed by atoms with Crippen molar-refractivity contribution < 1.29 is 125 Å². The van der Waals surface area contributed by atoms with E-state index in [4.69, 9.17) is 120 Å². The van der Waals surface area contributed by atoms with E-state index in [1.165, 1.54) is 0 Å². The first-order valence-electron chi connectivity index (χ1n) is 27.8. The van der Waals surface area contributed by atoms with E-state index < -0.39 is 21.1 Å². The molecule has 0 aliphatic rings. The summed E-state index contributed by atoms with van der Waals surface area (Å²) in [4.78, 5) is 11.3. The summed E-state index contributed by atoms with van der Waals surface area (Å²) in [5, 5.41) is 0. The van der Waals surface area contributed by atoms with Crippen LogP contribution in [0.25, 0.3) is 0 Å². The van der Waals surface area contributed by atoms with Gasteiger partial charge in [0.05, 0.1) is 277 Å². The Labute approximate surface area is 482 Å². The third kappa shape index (κ3) is 69.2. The lowest BCUT2D eigenvalue weighted by atomic mass is 10.4. The monoisotopic (exact) mass is 1190 g/mol. The molecule has 0 N–H and O–H groups in total. The first-order chi connectivity index (χ1) is 39.6. The minimum atomic E-state index is -2.53. The number of hydrogen-bond donors (Lipinski definition) is 0. The summed E-state index contributed by atoms with van der Waals surface area (Å²) in [6, 6.07) is 0. The highest BCUT2D eigenvalue weighted by atomic mass is 27.3. The van der Waals surface area contributed by atoms with Gasteiger partial charge in [-0.1, -0.05) is 6.58 Å². The molecule has 0 heterocycles. The van der Waals surface area contributed by atoms with Gasteiger partial charge in [-0.05, 0) is 6.92 Å². The lowest BCUT2D eigenvalue weighted by molar-refractivity contribution is -0.140. The summed E-state index contributed by atoms with van der Waals surface area (Å²) in [5.41, 5.74) is 0.351. The Morgan fingerprint density at radius 3 is 0.525 bits per heavy atom. The van der Waals surface area contributed by atoms with Crippen LogP contribution in [0.3, 0.4) is 0 Å². The third-order valence-corrected chi connectivity index (χ3v) is 11.0. The Balaban J connectivity index is 3.97. The minimum absolute atomic E-state index is 0.168. The third-order valence-electron chi connectivity index (χ3n) is 9.44. The van der Waals surface area contributed by atoms with Gasteiger partial charge in [-0.25, -0.2) is 4.79 Å². The molecule has 0 unspecified atom stereocenters. The molecule has 0 saturated carbocycles. The first kappa shape index (κ1) is 78.7. The van der Waals surface area contributed by atoms with E-state index in [2.05, 4.69) is 6.58 Å². The highest BCUT2D eigenvalue weighted by Gasteiger charge is 2.31. The van der Waals surface area contributed by atoms with Crippen molar-refractivity contribution in [2.45, 2.75) is 6.92 Å². The average molecular weight is 1190 g/mol. The van der Waals surface area contributed by atoms with Crippen LogP contribution in [-0.2, 0) is 125 Å². The van der Waals surface area contributed by atoms with Crippen LogP contribution in [0, 0.1) is 0 Å². The maximum atomic E-state index is 11.3. The predicted octanol–water partition coefficient (Wildman–Crippen LogP) is 0.765. The molecule has 0 aliphatic heterocycles. The molecule has 0 aromatic heterocycles. The number of ether oxygens (including phenoxy) is 23. The topological polar surface area (TPSA) is 257 Å². The summed E-state index contributed by atoms with van der Waals surface area (Å²) in [6.07, 6.45) is 0. The molecule has 27 nitrogen and oxygen atoms in total. The molecule has 0 saturated heterocycles. The van der Waals surface area contributed by atoms with E-state index in [9.17, 15) is 4.79 Å². The van der Waals surface area contributed by atoms with E-state index >= 15 is 0 Å². The van der Waals surface area contributed by atoms with Gasteiger partial charge < -0.3 is 120 Å². The van der Waals surface area contributed by atoms with Gasteiger partial charge in [0, 0.05) is 39.6 Å². The van der Waals surface area contributed by atoms with Gasteiger partial charge in [-0.3, -0.25) is 0 Å². The van der Waals surface area contributed by atoms with Crippen LogP contribution in [0.5, 0.6) is 0 Å². The largest absolute Gasteiger partial charge is 0.905 e. The second kappa shape index (κ2) is 72.0. The molecule has 28 heteroatoms. The van der Waals surface area contributed by atoms with E-state index in [-0.39, 0.29) is 33.0 Å². The van der Waals surface area contributed by atoms with Crippen molar-refractivity contribution in [1.82, 2.24) is 0 Å². The van der Waals surface area contributed by atoms with Crippen molar-refractivity contribution in [3.05, 3.63) is 12.2 Å². The van der Waals surface area contributed by atoms with E-state index in [1.807, 2.05) is 0 Å². The standard InChI is InChI=1S/2C19H39O10.C14H25O7.Al/c2*1-21-4-5-23-8-9-25-12-13-27-16-17-29-19-18-28-15-14-26-11-10-24-7-6-22-3-2-20;1-13(2)14(16)21-12-11-20-10-9-19-8-7-18-6-5-17-4-3-15;/h2*2-19H2,1H3;1,3-12H2,2H3;/q3*-1;+3. The predicted molar refractivity (Wildman–Crippen MR) is 290 cm³/mol. The van der Waals surface area contributed by atoms with Crippen LogP contribution in [0.1, 0.15) is 6.92 Å². The van der Waals surface area contributed by atoms with Gasteiger partial charge in [0.1, 0.15) is 6.61 Å². The van der Waals surface area contributed by atoms with Crippen molar-refractivity contribution in [2.24, 2.45) is 0 Å². The molecule has 0 aromatic carbocycles. The summed E-state index contributed by atoms with van der Waals surface area (Å²) in [6.45, 7) is 25.4. The summed E-state index contributed by atoms with van der Waals surface area (Å²) < 4.78 is 143. The van der Waals surface area contributed by atoms with Crippen LogP contribution in [-0.4, -0.2) is 339 Å². The minimum Gasteiger partial charge on any atom is -0.460 e. The first-order valence-corrected chi connectivity index (χ1v) is 29.2. The zero-order valence-corrected chi connectivity index (χ0v) is 50.0. The summed E-state index contributed by atoms with van der Waals surface area (Å²) >= 11 is -2.53. The van der Waals surface area contributed by atoms with Crippen LogP contribution >= 0.6 is 0 Å². The number of carbonyl (C=O) groups is 1. The maximum Gasteiger partial charge on any atom is 0.905 e. The second-order valence-corrected chi connectivity index (χ2v) is 17.6. The van der Waals surface area contributed by atoms with Gasteiger partial charge in [0.2, 0.25) is 0 Å². The van der Waals surface area contributed by atoms with Gasteiger partial charge in [0.25, 0.3) is 0 Å². The molecule has 0 atom stereocenters. The van der Waals surface area contributed by atoms with Crippen LogP contribution < -0.4 is 0 Å². The van der Waals surface area contributed by atoms with Crippen LogP contribution in [0.4, 0.5) is 0 Å². The van der Waals surface area contributed by atoms with Gasteiger partial charge in [0.15, 0.2) is 0 Å². The van der Waals surface area contributed by atoms with Crippen LogP contribution in [0.2, 0.25) is 0 Å². The molecular formula is C52H103AlO27. The average Bonchev–Trinajstić information content (AvgIpc) is 3.46. The fraction of sp³-hybridized carbons (Fsp3) is 0.942. The molecule has 0 aromatic rings. The Morgan fingerprint density at radius 1 is 0.237 bits per heavy atom. The zero-order chi connectivity index (χ0) is 57.6. The molecule has 0 bridgehead atoms. The zero-order valence-electron chi connectivity index (χ0n) is 48.8. The lowest BCUT2D eigenvalue weighted by Gasteiger charge is -2.14. The molecule has 0 amide bonds. The quantitative estimate of drug-likeness (QED) is 0.0353. The van der Waals surface area contributed by atoms with Crippen molar-refractivity contribution in [2.75, 3.05) is 318 Å². The molecule has 0 spiro atoms. The van der Waals surface area contributed by atoms with E-state index in [1.54, 1.807) is 21.1 Å². The van der Waals surface area contributed by atoms with Crippen molar-refractivity contribution in [3.63, 3.8) is 0 Å².